The fourth-order valence-electron chi connectivity index (χ4n) is 2.52. The minimum absolute atomic E-state index is 0.0954. The van der Waals surface area contributed by atoms with Gasteiger partial charge in [-0.25, -0.2) is 4.79 Å². The SMILES string of the molecule is C=C(/C=C/C(=O)OC)OC1COC2C(O)CCC12. The van der Waals surface area contributed by atoms with Crippen LogP contribution in [-0.4, -0.2) is 43.1 Å². The van der Waals surface area contributed by atoms with Gasteiger partial charge in [0.25, 0.3) is 0 Å². The summed E-state index contributed by atoms with van der Waals surface area (Å²) < 4.78 is 15.6. The first-order valence-corrected chi connectivity index (χ1v) is 6.03. The van der Waals surface area contributed by atoms with Crippen LogP contribution < -0.4 is 0 Å². The number of esters is 1. The number of carbonyl (C=O) groups is 1. The van der Waals surface area contributed by atoms with E-state index in [4.69, 9.17) is 9.47 Å². The smallest absolute Gasteiger partial charge is 0.330 e. The van der Waals surface area contributed by atoms with Gasteiger partial charge in [0.1, 0.15) is 11.9 Å². The molecular weight excluding hydrogens is 236 g/mol. The average Bonchev–Trinajstić information content (AvgIpc) is 2.91. The van der Waals surface area contributed by atoms with Gasteiger partial charge in [0.15, 0.2) is 0 Å². The lowest BCUT2D eigenvalue weighted by Gasteiger charge is -2.18. The van der Waals surface area contributed by atoms with Crippen LogP contribution in [0.15, 0.2) is 24.5 Å². The normalized spacial score (nSPS) is 34.6. The second-order valence-electron chi connectivity index (χ2n) is 4.59. The molecule has 2 aliphatic rings. The molecule has 2 rings (SSSR count). The van der Waals surface area contributed by atoms with E-state index in [2.05, 4.69) is 11.3 Å². The van der Waals surface area contributed by atoms with E-state index in [0.29, 0.717) is 12.4 Å². The molecule has 0 aromatic carbocycles. The molecule has 0 radical (unpaired) electrons. The first kappa shape index (κ1) is 13.1. The third kappa shape index (κ3) is 2.73. The van der Waals surface area contributed by atoms with Crippen LogP contribution in [0.5, 0.6) is 0 Å². The van der Waals surface area contributed by atoms with E-state index >= 15 is 0 Å². The van der Waals surface area contributed by atoms with E-state index in [1.54, 1.807) is 0 Å². The molecule has 0 aromatic rings. The Labute approximate surface area is 106 Å². The van der Waals surface area contributed by atoms with E-state index in [1.165, 1.54) is 19.3 Å². The number of rotatable bonds is 4. The molecule has 0 aromatic heterocycles. The second-order valence-corrected chi connectivity index (χ2v) is 4.59. The monoisotopic (exact) mass is 254 g/mol. The average molecular weight is 254 g/mol. The number of allylic oxidation sites excluding steroid dienone is 1. The Hall–Kier alpha value is -1.33. The van der Waals surface area contributed by atoms with Gasteiger partial charge in [-0.15, -0.1) is 0 Å². The summed E-state index contributed by atoms with van der Waals surface area (Å²) >= 11 is 0. The van der Waals surface area contributed by atoms with Crippen molar-refractivity contribution < 1.29 is 24.1 Å². The summed E-state index contributed by atoms with van der Waals surface area (Å²) in [5.74, 6) is 0.163. The molecule has 1 saturated heterocycles. The minimum atomic E-state index is -0.448. The zero-order valence-electron chi connectivity index (χ0n) is 10.4. The number of aliphatic hydroxyl groups excluding tert-OH is 1. The van der Waals surface area contributed by atoms with Crippen LogP contribution in [0.1, 0.15) is 12.8 Å². The predicted octanol–water partition coefficient (Wildman–Crippen LogP) is 0.784. The number of aliphatic hydroxyl groups is 1. The molecule has 0 bridgehead atoms. The van der Waals surface area contributed by atoms with Gasteiger partial charge < -0.3 is 19.3 Å². The zero-order valence-corrected chi connectivity index (χ0v) is 10.4. The van der Waals surface area contributed by atoms with Crippen molar-refractivity contribution in [1.82, 2.24) is 0 Å². The Morgan fingerprint density at radius 3 is 2.94 bits per heavy atom. The van der Waals surface area contributed by atoms with Gasteiger partial charge >= 0.3 is 5.97 Å². The lowest BCUT2D eigenvalue weighted by atomic mass is 10.0. The molecule has 1 aliphatic carbocycles. The molecule has 2 fully saturated rings. The number of fused-ring (bicyclic) bond motifs is 1. The number of hydrogen-bond acceptors (Lipinski definition) is 5. The standard InChI is InChI=1S/C13H18O5/c1-8(3-6-12(15)16-2)18-11-7-17-13-9(11)4-5-10(13)14/h3,6,9-11,13-14H,1,4-5,7H2,2H3/b6-3+. The van der Waals surface area contributed by atoms with Crippen molar-refractivity contribution in [1.29, 1.82) is 0 Å². The molecule has 5 heteroatoms. The van der Waals surface area contributed by atoms with Gasteiger partial charge in [-0.3, -0.25) is 0 Å². The highest BCUT2D eigenvalue weighted by Crippen LogP contribution is 2.38. The van der Waals surface area contributed by atoms with Gasteiger partial charge in [0.2, 0.25) is 0 Å². The largest absolute Gasteiger partial charge is 0.488 e. The summed E-state index contributed by atoms with van der Waals surface area (Å²) in [6.45, 7) is 4.18. The third-order valence-corrected chi connectivity index (χ3v) is 3.44. The van der Waals surface area contributed by atoms with E-state index in [0.717, 1.165) is 12.8 Å². The lowest BCUT2D eigenvalue weighted by molar-refractivity contribution is -0.134. The highest BCUT2D eigenvalue weighted by Gasteiger charge is 2.46. The van der Waals surface area contributed by atoms with Gasteiger partial charge in [-0.1, -0.05) is 6.58 Å². The molecule has 1 heterocycles. The molecule has 0 spiro atoms. The maximum Gasteiger partial charge on any atom is 0.330 e. The van der Waals surface area contributed by atoms with Crippen molar-refractivity contribution in [2.75, 3.05) is 13.7 Å². The Morgan fingerprint density at radius 2 is 2.22 bits per heavy atom. The maximum atomic E-state index is 10.9. The molecule has 5 nitrogen and oxygen atoms in total. The van der Waals surface area contributed by atoms with Crippen LogP contribution in [0.25, 0.3) is 0 Å². The van der Waals surface area contributed by atoms with E-state index in [-0.39, 0.29) is 24.2 Å². The van der Waals surface area contributed by atoms with E-state index < -0.39 is 5.97 Å². The molecule has 0 amide bonds. The molecule has 1 aliphatic heterocycles. The zero-order chi connectivity index (χ0) is 13.1. The van der Waals surface area contributed by atoms with Crippen molar-refractivity contribution in [3.63, 3.8) is 0 Å². The van der Waals surface area contributed by atoms with Gasteiger partial charge in [-0.2, -0.15) is 0 Å². The quantitative estimate of drug-likeness (QED) is 0.348. The van der Waals surface area contributed by atoms with Crippen LogP contribution in [-0.2, 0) is 19.0 Å². The van der Waals surface area contributed by atoms with Gasteiger partial charge in [0, 0.05) is 12.0 Å². The van der Waals surface area contributed by atoms with E-state index in [1.807, 2.05) is 0 Å². The Kier molecular flexibility index (Phi) is 4.04. The molecule has 100 valence electrons. The molecule has 18 heavy (non-hydrogen) atoms. The summed E-state index contributed by atoms with van der Waals surface area (Å²) in [5, 5.41) is 9.68. The van der Waals surface area contributed by atoms with Crippen molar-refractivity contribution >= 4 is 5.97 Å². The van der Waals surface area contributed by atoms with Crippen LogP contribution in [0.4, 0.5) is 0 Å². The molecule has 4 unspecified atom stereocenters. The number of ether oxygens (including phenoxy) is 3. The Bertz CT molecular complexity index is 362. The highest BCUT2D eigenvalue weighted by molar-refractivity contribution is 5.82. The number of carbonyl (C=O) groups excluding carboxylic acids is 1. The molecular formula is C13H18O5. The topological polar surface area (TPSA) is 65.0 Å². The van der Waals surface area contributed by atoms with Crippen LogP contribution in [0, 0.1) is 5.92 Å². The minimum Gasteiger partial charge on any atom is -0.488 e. The predicted molar refractivity (Wildman–Crippen MR) is 63.6 cm³/mol. The van der Waals surface area contributed by atoms with Gasteiger partial charge in [0.05, 0.1) is 25.9 Å². The summed E-state index contributed by atoms with van der Waals surface area (Å²) in [7, 11) is 1.31. The number of hydrogen-bond donors (Lipinski definition) is 1. The third-order valence-electron chi connectivity index (χ3n) is 3.44. The number of methoxy groups -OCH3 is 1. The highest BCUT2D eigenvalue weighted by atomic mass is 16.6. The first-order chi connectivity index (χ1) is 8.61. The summed E-state index contributed by atoms with van der Waals surface area (Å²) in [4.78, 5) is 10.9. The van der Waals surface area contributed by atoms with E-state index in [9.17, 15) is 9.90 Å². The fraction of sp³-hybridized carbons (Fsp3) is 0.615. The van der Waals surface area contributed by atoms with Crippen molar-refractivity contribution in [3.05, 3.63) is 24.5 Å². The van der Waals surface area contributed by atoms with Crippen molar-refractivity contribution in [3.8, 4) is 0 Å². The van der Waals surface area contributed by atoms with Crippen molar-refractivity contribution in [2.24, 2.45) is 5.92 Å². The molecule has 4 atom stereocenters. The fourth-order valence-corrected chi connectivity index (χ4v) is 2.52. The molecule has 1 N–H and O–H groups in total. The van der Waals surface area contributed by atoms with Crippen molar-refractivity contribution in [2.45, 2.75) is 31.2 Å². The lowest BCUT2D eigenvalue weighted by Crippen LogP contribution is -2.26. The maximum absolute atomic E-state index is 10.9. The first-order valence-electron chi connectivity index (χ1n) is 6.03. The van der Waals surface area contributed by atoms with Crippen LogP contribution in [0.2, 0.25) is 0 Å². The molecule has 1 saturated carbocycles. The Morgan fingerprint density at radius 1 is 1.44 bits per heavy atom. The summed E-state index contributed by atoms with van der Waals surface area (Å²) in [6, 6.07) is 0. The summed E-state index contributed by atoms with van der Waals surface area (Å²) in [6.07, 6.45) is 3.78. The van der Waals surface area contributed by atoms with Crippen LogP contribution in [0.3, 0.4) is 0 Å². The second kappa shape index (κ2) is 5.54. The van der Waals surface area contributed by atoms with Crippen LogP contribution >= 0.6 is 0 Å². The van der Waals surface area contributed by atoms with Gasteiger partial charge in [-0.05, 0) is 18.9 Å². The summed E-state index contributed by atoms with van der Waals surface area (Å²) in [5.41, 5.74) is 0. The Balaban J connectivity index is 1.85.